The first kappa shape index (κ1) is 12.2. The van der Waals surface area contributed by atoms with Gasteiger partial charge in [0.1, 0.15) is 0 Å². The summed E-state index contributed by atoms with van der Waals surface area (Å²) in [5.74, 6) is 6.24. The van der Waals surface area contributed by atoms with Crippen LogP contribution in [0.1, 0.15) is 38.5 Å². The lowest BCUT2D eigenvalue weighted by Crippen LogP contribution is -2.53. The van der Waals surface area contributed by atoms with Gasteiger partial charge in [-0.25, -0.2) is 10.8 Å². The van der Waals surface area contributed by atoms with Gasteiger partial charge in [0.05, 0.1) is 6.04 Å². The molecule has 0 aromatic carbocycles. The fraction of sp³-hybridized carbons (Fsp3) is 0.818. The molecule has 0 bridgehead atoms. The molecule has 0 aromatic heterocycles. The Hall–Kier alpha value is -1.30. The van der Waals surface area contributed by atoms with Crippen LogP contribution in [0.3, 0.4) is 0 Å². The first-order chi connectivity index (χ1) is 8.28. The van der Waals surface area contributed by atoms with E-state index in [4.69, 9.17) is 5.84 Å². The van der Waals surface area contributed by atoms with Gasteiger partial charge in [0.15, 0.2) is 0 Å². The number of carbonyl (C=O) groups excluding carboxylic acids is 1. The number of nitrogens with one attached hydrogen (secondary N) is 3. The van der Waals surface area contributed by atoms with Crippen LogP contribution in [0.25, 0.3) is 0 Å². The highest BCUT2D eigenvalue weighted by Crippen LogP contribution is 2.20. The van der Waals surface area contributed by atoms with Gasteiger partial charge in [0, 0.05) is 19.0 Å². The fourth-order valence-electron chi connectivity index (χ4n) is 2.38. The summed E-state index contributed by atoms with van der Waals surface area (Å²) in [5.41, 5.74) is 2.61. The van der Waals surface area contributed by atoms with E-state index < -0.39 is 0 Å². The van der Waals surface area contributed by atoms with Crippen LogP contribution in [-0.4, -0.2) is 30.5 Å². The van der Waals surface area contributed by atoms with E-state index in [0.717, 1.165) is 19.3 Å². The third-order valence-corrected chi connectivity index (χ3v) is 3.38. The summed E-state index contributed by atoms with van der Waals surface area (Å²) < 4.78 is 0. The zero-order valence-electron chi connectivity index (χ0n) is 10.0. The highest BCUT2D eigenvalue weighted by molar-refractivity contribution is 5.81. The summed E-state index contributed by atoms with van der Waals surface area (Å²) in [5, 5.41) is 6.08. The highest BCUT2D eigenvalue weighted by Gasteiger charge is 2.20. The predicted octanol–water partition coefficient (Wildman–Crippen LogP) is -0.384. The third-order valence-electron chi connectivity index (χ3n) is 3.38. The molecule has 0 radical (unpaired) electrons. The molecule has 0 aromatic rings. The number of rotatable bonds is 2. The lowest BCUT2D eigenvalue weighted by Gasteiger charge is -2.25. The molecule has 1 heterocycles. The van der Waals surface area contributed by atoms with Crippen LogP contribution in [0.2, 0.25) is 0 Å². The Labute approximate surface area is 101 Å². The summed E-state index contributed by atoms with van der Waals surface area (Å²) in [6.07, 6.45) is 6.20. The molecule has 5 N–H and O–H groups in total. The Morgan fingerprint density at radius 3 is 2.71 bits per heavy atom. The van der Waals surface area contributed by atoms with Crippen molar-refractivity contribution in [2.45, 2.75) is 50.6 Å². The molecule has 2 rings (SSSR count). The third kappa shape index (κ3) is 3.59. The second-order valence-corrected chi connectivity index (χ2v) is 4.74. The van der Waals surface area contributed by atoms with E-state index in [9.17, 15) is 4.79 Å². The van der Waals surface area contributed by atoms with Crippen molar-refractivity contribution in [3.63, 3.8) is 0 Å². The molecule has 1 saturated heterocycles. The normalized spacial score (nSPS) is 26.8. The number of nitrogens with zero attached hydrogens (tertiary/aromatic N) is 1. The first-order valence-corrected chi connectivity index (χ1v) is 6.35. The lowest BCUT2D eigenvalue weighted by molar-refractivity contribution is -0.122. The zero-order valence-corrected chi connectivity index (χ0v) is 10.0. The Morgan fingerprint density at radius 2 is 2.12 bits per heavy atom. The van der Waals surface area contributed by atoms with Crippen molar-refractivity contribution >= 4 is 11.9 Å². The monoisotopic (exact) mass is 239 g/mol. The Morgan fingerprint density at radius 1 is 1.35 bits per heavy atom. The Bertz CT molecular complexity index is 288. The van der Waals surface area contributed by atoms with E-state index in [1.165, 1.54) is 12.8 Å². The standard InChI is InChI=1S/C11H21N5O/c12-16-11(14-8-3-1-2-4-8)15-9-5-6-10(17)13-7-9/h8-9H,1-7,12H2,(H,13,17)(H2,14,15,16). The summed E-state index contributed by atoms with van der Waals surface area (Å²) in [7, 11) is 0. The number of nitrogens with two attached hydrogens (primary N) is 1. The summed E-state index contributed by atoms with van der Waals surface area (Å²) in [4.78, 5) is 15.6. The van der Waals surface area contributed by atoms with Crippen LogP contribution < -0.4 is 21.9 Å². The molecule has 1 aliphatic carbocycles. The number of amides is 1. The number of hydrogen-bond donors (Lipinski definition) is 4. The molecular weight excluding hydrogens is 218 g/mol. The van der Waals surface area contributed by atoms with Crippen molar-refractivity contribution in [1.82, 2.24) is 16.1 Å². The molecule has 6 nitrogen and oxygen atoms in total. The van der Waals surface area contributed by atoms with Gasteiger partial charge in [-0.2, -0.15) is 0 Å². The summed E-state index contributed by atoms with van der Waals surface area (Å²) in [6, 6.07) is 0.621. The molecule has 1 amide bonds. The van der Waals surface area contributed by atoms with Crippen LogP contribution in [0.15, 0.2) is 4.99 Å². The van der Waals surface area contributed by atoms with Crippen molar-refractivity contribution in [2.75, 3.05) is 6.54 Å². The van der Waals surface area contributed by atoms with Gasteiger partial charge >= 0.3 is 0 Å². The molecule has 1 atom stereocenters. The van der Waals surface area contributed by atoms with E-state index in [1.54, 1.807) is 0 Å². The second-order valence-electron chi connectivity index (χ2n) is 4.74. The average Bonchev–Trinajstić information content (AvgIpc) is 2.84. The van der Waals surface area contributed by atoms with E-state index in [2.05, 4.69) is 21.1 Å². The quantitative estimate of drug-likeness (QED) is 0.229. The molecule has 2 fully saturated rings. The minimum absolute atomic E-state index is 0.123. The van der Waals surface area contributed by atoms with Crippen molar-refractivity contribution in [2.24, 2.45) is 10.8 Å². The molecule has 17 heavy (non-hydrogen) atoms. The molecule has 96 valence electrons. The maximum atomic E-state index is 11.0. The van der Waals surface area contributed by atoms with Crippen LogP contribution in [0, 0.1) is 0 Å². The van der Waals surface area contributed by atoms with Crippen molar-refractivity contribution in [1.29, 1.82) is 0 Å². The predicted molar refractivity (Wildman–Crippen MR) is 66.2 cm³/mol. The van der Waals surface area contributed by atoms with Gasteiger partial charge in [-0.05, 0) is 19.3 Å². The molecule has 1 unspecified atom stereocenters. The Kier molecular flexibility index (Phi) is 4.19. The Balaban J connectivity index is 1.83. The van der Waals surface area contributed by atoms with Gasteiger partial charge in [-0.15, -0.1) is 0 Å². The number of aliphatic imine (C=N–C) groups is 1. The van der Waals surface area contributed by atoms with Crippen LogP contribution >= 0.6 is 0 Å². The van der Waals surface area contributed by atoms with Gasteiger partial charge in [0.2, 0.25) is 11.9 Å². The molecular formula is C11H21N5O. The van der Waals surface area contributed by atoms with Gasteiger partial charge in [0.25, 0.3) is 0 Å². The molecule has 0 spiro atoms. The molecule has 1 saturated carbocycles. The van der Waals surface area contributed by atoms with Crippen LogP contribution in [0.4, 0.5) is 0 Å². The number of hydrogen-bond acceptors (Lipinski definition) is 3. The maximum absolute atomic E-state index is 11.0. The van der Waals surface area contributed by atoms with Crippen molar-refractivity contribution in [3.8, 4) is 0 Å². The van der Waals surface area contributed by atoms with Gasteiger partial charge in [-0.3, -0.25) is 10.2 Å². The van der Waals surface area contributed by atoms with Crippen LogP contribution in [0.5, 0.6) is 0 Å². The van der Waals surface area contributed by atoms with Crippen molar-refractivity contribution < 1.29 is 4.79 Å². The second kappa shape index (κ2) is 5.86. The van der Waals surface area contributed by atoms with Gasteiger partial charge < -0.3 is 10.6 Å². The van der Waals surface area contributed by atoms with Gasteiger partial charge in [-0.1, -0.05) is 12.8 Å². The van der Waals surface area contributed by atoms with E-state index in [-0.39, 0.29) is 11.9 Å². The lowest BCUT2D eigenvalue weighted by atomic mass is 10.1. The maximum Gasteiger partial charge on any atom is 0.220 e. The van der Waals surface area contributed by atoms with E-state index in [0.29, 0.717) is 25.0 Å². The number of carbonyl (C=O) groups is 1. The first-order valence-electron chi connectivity index (χ1n) is 6.35. The number of guanidine groups is 1. The largest absolute Gasteiger partial charge is 0.354 e. The van der Waals surface area contributed by atoms with Crippen LogP contribution in [-0.2, 0) is 4.79 Å². The molecule has 6 heteroatoms. The molecule has 1 aliphatic heterocycles. The summed E-state index contributed by atoms with van der Waals surface area (Å²) >= 11 is 0. The van der Waals surface area contributed by atoms with Crippen molar-refractivity contribution in [3.05, 3.63) is 0 Å². The average molecular weight is 239 g/mol. The molecule has 2 aliphatic rings. The topological polar surface area (TPSA) is 91.5 Å². The minimum atomic E-state index is 0.123. The summed E-state index contributed by atoms with van der Waals surface area (Å²) in [6.45, 7) is 0.643. The number of piperidine rings is 1. The fourth-order valence-corrected chi connectivity index (χ4v) is 2.38. The smallest absolute Gasteiger partial charge is 0.220 e. The number of hydrazine groups is 1. The van der Waals surface area contributed by atoms with E-state index >= 15 is 0 Å². The minimum Gasteiger partial charge on any atom is -0.354 e. The highest BCUT2D eigenvalue weighted by atomic mass is 16.1. The SMILES string of the molecule is NNC(=NC1CCCC1)NC1CCC(=O)NC1. The van der Waals surface area contributed by atoms with E-state index in [1.807, 2.05) is 0 Å². The zero-order chi connectivity index (χ0) is 12.1.